The summed E-state index contributed by atoms with van der Waals surface area (Å²) in [6.45, 7) is 10.1. The standard InChI is InChI=1S/C27H23F3N6O2.C27H26N6O3.C26H23FN6O2.C26H24N6O2/c1-2-4-22(37)35-13-3-5-21(35)26-34-23(24-25(31)32-12-14-36(24)26)17-6-10-20(11-7-17)38-16-19-9-8-18(15-33-19)27(28,29)30;1-3-5-23(34)32-14-4-6-22(32)27-31-24(25-26(28)29-13-15-33(25)27)18-7-10-20(11-8-18)36-17-19-9-12-21(35-2)16-30-19;1-2-4-22(34)32-13-3-5-21(32)26-31-23(24-25(28)30-12-14-33(24)26)17-6-8-20(9-7-17)35-16-19-15-18(27)10-11-29-19;1-2-6-22(33)31-15-5-8-21(31)26-30-23(24-25(27)29-14-16-32(24)26)18-9-11-20(12-10-18)34-17-19-7-3-4-13-28-19/h6-12,14-15,21H,3,5,13,16H2,1H3,(H2,31,32);7-13,15-16,22H,4,6,14,17H2,1-2H3,(H2,28,29);6-12,14-15,21H,3,5,13,16H2,1H3,(H2,28,30);3-4,7,9-14,16,21H,5,8,15,17H2,1H3,(H2,27,29)/t21-;22-;2*21-/m0000/s1. The molecule has 4 saturated heterocycles. The Kier molecular flexibility index (Phi) is 29.6. The molecule has 12 aromatic heterocycles. The molecule has 0 unspecified atom stereocenters. The Morgan fingerprint density at radius 1 is 0.357 bits per heavy atom. The Morgan fingerprint density at radius 2 is 0.657 bits per heavy atom. The third-order valence-corrected chi connectivity index (χ3v) is 24.4. The second kappa shape index (κ2) is 43.8. The smallest absolute Gasteiger partial charge is 0.417 e. The van der Waals surface area contributed by atoms with E-state index in [2.05, 4.69) is 87.2 Å². The van der Waals surface area contributed by atoms with Gasteiger partial charge in [0.2, 0.25) is 0 Å². The zero-order valence-electron chi connectivity index (χ0n) is 78.4. The molecule has 0 bridgehead atoms. The largest absolute Gasteiger partial charge is 0.495 e. The van der Waals surface area contributed by atoms with Gasteiger partial charge in [0.1, 0.15) is 152 Å². The van der Waals surface area contributed by atoms with Crippen LogP contribution in [0.1, 0.15) is 155 Å². The van der Waals surface area contributed by atoms with E-state index in [0.717, 1.165) is 132 Å². The topological polar surface area (TPSA) is 404 Å². The number of fused-ring (bicyclic) bond motifs is 4. The summed E-state index contributed by atoms with van der Waals surface area (Å²) in [5.74, 6) is 27.8. The lowest BCUT2D eigenvalue weighted by molar-refractivity contribution is -0.138. The minimum absolute atomic E-state index is 0.0120. The van der Waals surface area contributed by atoms with Crippen LogP contribution in [0.15, 0.2) is 226 Å². The zero-order valence-corrected chi connectivity index (χ0v) is 78.4. The van der Waals surface area contributed by atoms with Gasteiger partial charge in [-0.2, -0.15) is 13.2 Å². The number of benzene rings is 4. The lowest BCUT2D eigenvalue weighted by Gasteiger charge is -2.21. The van der Waals surface area contributed by atoms with E-state index in [0.29, 0.717) is 137 Å². The molecule has 4 aromatic carbocycles. The second-order valence-corrected chi connectivity index (χ2v) is 33.3. The molecule has 4 aliphatic rings. The number of nitrogens with two attached hydrogens (primary N) is 4. The highest BCUT2D eigenvalue weighted by atomic mass is 19.4. The van der Waals surface area contributed by atoms with E-state index in [-0.39, 0.29) is 66.8 Å². The SMILES string of the molecule is CC#CC(=O)N1CCC[C@H]1c1nc(-c2ccc(OCc3cc(F)ccn3)cc2)c2c(N)nccn12.CC#CC(=O)N1CCC[C@H]1c1nc(-c2ccc(OCc3ccc(C(F)(F)F)cn3)cc2)c2c(N)nccn12.CC#CC(=O)N1CCC[C@H]1c1nc(-c2ccc(OCc3ccc(OC)cn3)cc2)c2c(N)nccn12.CC#CC(=O)N1CCC[C@H]1c1nc(-c2ccc(OCc3ccccn3)cc2)c2c(N)nccn12. The summed E-state index contributed by atoms with van der Waals surface area (Å²) in [5.41, 5.74) is 35.6. The van der Waals surface area contributed by atoms with Crippen molar-refractivity contribution in [1.82, 2.24) is 97.0 Å². The number of alkyl halides is 3. The Morgan fingerprint density at radius 3 is 0.930 bits per heavy atom. The van der Waals surface area contributed by atoms with E-state index in [1.54, 1.807) is 110 Å². The van der Waals surface area contributed by atoms with Crippen molar-refractivity contribution in [2.45, 2.75) is 136 Å². The Bertz CT molecular complexity index is 7630. The summed E-state index contributed by atoms with van der Waals surface area (Å²) in [5, 5.41) is 0. The average Bonchev–Trinajstić information content (AvgIpc) is 1.62. The van der Waals surface area contributed by atoms with Gasteiger partial charge in [0.15, 0.2) is 0 Å². The van der Waals surface area contributed by atoms with Crippen molar-refractivity contribution >= 4 is 69.0 Å². The molecule has 4 amide bonds. The molecule has 722 valence electrons. The van der Waals surface area contributed by atoms with Crippen molar-refractivity contribution in [2.24, 2.45) is 0 Å². The maximum atomic E-state index is 13.4. The van der Waals surface area contributed by atoms with E-state index in [1.165, 1.54) is 24.4 Å². The van der Waals surface area contributed by atoms with Gasteiger partial charge >= 0.3 is 6.18 Å². The van der Waals surface area contributed by atoms with Crippen LogP contribution in [0.4, 0.5) is 40.8 Å². The third-order valence-electron chi connectivity index (χ3n) is 24.4. The molecule has 8 N–H and O–H groups in total. The predicted molar refractivity (Wildman–Crippen MR) is 526 cm³/mol. The van der Waals surface area contributed by atoms with Gasteiger partial charge in [-0.25, -0.2) is 44.3 Å². The normalized spacial score (nSPS) is 15.2. The minimum Gasteiger partial charge on any atom is -0.495 e. The number of pyridine rings is 4. The molecule has 33 nitrogen and oxygen atoms in total. The van der Waals surface area contributed by atoms with E-state index < -0.39 is 11.7 Å². The Labute approximate surface area is 818 Å². The van der Waals surface area contributed by atoms with E-state index in [1.807, 2.05) is 151 Å². The molecule has 37 heteroatoms. The number of hydrogen-bond donors (Lipinski definition) is 4. The number of hydrogen-bond acceptors (Lipinski definition) is 25. The van der Waals surface area contributed by atoms with Crippen molar-refractivity contribution in [1.29, 1.82) is 0 Å². The first kappa shape index (κ1) is 96.7. The third kappa shape index (κ3) is 21.6. The van der Waals surface area contributed by atoms with Gasteiger partial charge in [-0.1, -0.05) is 29.7 Å². The molecule has 4 aliphatic heterocycles. The first-order valence-electron chi connectivity index (χ1n) is 45.9. The highest BCUT2D eigenvalue weighted by Gasteiger charge is 2.39. The number of nitrogen functional groups attached to an aromatic ring is 4. The molecular weight excluding hydrogens is 1830 g/mol. The highest BCUT2D eigenvalue weighted by Crippen LogP contribution is 2.43. The average molecular weight is 1930 g/mol. The van der Waals surface area contributed by atoms with Crippen molar-refractivity contribution in [3.63, 3.8) is 0 Å². The minimum atomic E-state index is -4.44. The van der Waals surface area contributed by atoms with Crippen LogP contribution in [0.2, 0.25) is 0 Å². The lowest BCUT2D eigenvalue weighted by Crippen LogP contribution is -2.30. The van der Waals surface area contributed by atoms with Crippen LogP contribution in [0.3, 0.4) is 0 Å². The van der Waals surface area contributed by atoms with Gasteiger partial charge in [0, 0.05) is 117 Å². The van der Waals surface area contributed by atoms with E-state index in [9.17, 15) is 36.7 Å². The number of imidazole rings is 4. The summed E-state index contributed by atoms with van der Waals surface area (Å²) in [6, 6.07) is 43.4. The van der Waals surface area contributed by atoms with Crippen LogP contribution in [0, 0.1) is 53.2 Å². The first-order chi connectivity index (χ1) is 69.5. The van der Waals surface area contributed by atoms with Crippen molar-refractivity contribution < 1.29 is 60.4 Å². The summed E-state index contributed by atoms with van der Waals surface area (Å²) >= 11 is 0. The summed E-state index contributed by atoms with van der Waals surface area (Å²) in [6.07, 6.45) is 21.6. The fraction of sp³-hybridized carbons (Fsp3) is 0.245. The first-order valence-corrected chi connectivity index (χ1v) is 45.9. The van der Waals surface area contributed by atoms with Crippen molar-refractivity contribution in [2.75, 3.05) is 56.2 Å². The van der Waals surface area contributed by atoms with Crippen LogP contribution in [0.25, 0.3) is 67.1 Å². The molecule has 4 fully saturated rings. The second-order valence-electron chi connectivity index (χ2n) is 33.3. The van der Waals surface area contributed by atoms with Gasteiger partial charge in [-0.05, 0) is 248 Å². The Hall–Kier alpha value is -18.0. The molecule has 0 spiro atoms. The highest BCUT2D eigenvalue weighted by molar-refractivity contribution is 5.97. The Balaban J connectivity index is 0.000000131. The predicted octanol–water partition coefficient (Wildman–Crippen LogP) is 15.7. The van der Waals surface area contributed by atoms with Gasteiger partial charge in [0.25, 0.3) is 23.6 Å². The molecule has 0 aliphatic carbocycles. The number of methoxy groups -OCH3 is 1. The number of nitrogens with zero attached hydrogens (tertiary/aromatic N) is 20. The maximum absolute atomic E-state index is 13.4. The van der Waals surface area contributed by atoms with Gasteiger partial charge in [-0.15, -0.1) is 0 Å². The van der Waals surface area contributed by atoms with Crippen LogP contribution in [-0.4, -0.2) is 154 Å². The van der Waals surface area contributed by atoms with Crippen LogP contribution in [-0.2, 0) is 51.8 Å². The number of carbonyl (C=O) groups is 4. The van der Waals surface area contributed by atoms with Crippen molar-refractivity contribution in [3.8, 4) is 121 Å². The van der Waals surface area contributed by atoms with E-state index in [4.69, 9.17) is 66.6 Å². The molecule has 20 rings (SSSR count). The van der Waals surface area contributed by atoms with Gasteiger partial charge in [0.05, 0.1) is 65.8 Å². The fourth-order valence-electron chi connectivity index (χ4n) is 17.7. The quantitative estimate of drug-likeness (QED) is 0.0383. The summed E-state index contributed by atoms with van der Waals surface area (Å²) < 4.78 is 87.6. The maximum Gasteiger partial charge on any atom is 0.417 e. The van der Waals surface area contributed by atoms with Crippen LogP contribution < -0.4 is 46.6 Å². The van der Waals surface area contributed by atoms with Crippen LogP contribution in [0.5, 0.6) is 28.7 Å². The molecule has 143 heavy (non-hydrogen) atoms. The zero-order chi connectivity index (χ0) is 99.8. The number of rotatable bonds is 21. The summed E-state index contributed by atoms with van der Waals surface area (Å²) in [7, 11) is 1.61. The summed E-state index contributed by atoms with van der Waals surface area (Å²) in [4.78, 5) is 111. The van der Waals surface area contributed by atoms with Crippen LogP contribution >= 0.6 is 0 Å². The molecule has 16 aromatic rings. The molecule has 16 heterocycles. The van der Waals surface area contributed by atoms with Crippen molar-refractivity contribution in [3.05, 3.63) is 283 Å². The fourth-order valence-corrected chi connectivity index (χ4v) is 17.7. The molecule has 0 radical (unpaired) electrons. The number of ether oxygens (including phenoxy) is 5. The number of likely N-dealkylation sites (tertiary alicyclic amines) is 4. The molecule has 0 saturated carbocycles. The van der Waals surface area contributed by atoms with Gasteiger partial charge in [-0.3, -0.25) is 56.7 Å². The lowest BCUT2D eigenvalue weighted by atomic mass is 10.1. The van der Waals surface area contributed by atoms with Gasteiger partial charge < -0.3 is 66.2 Å². The number of aromatic nitrogens is 16. The number of carbonyl (C=O) groups excluding carboxylic acids is 4. The monoisotopic (exact) mass is 1920 g/mol. The van der Waals surface area contributed by atoms with E-state index >= 15 is 0 Å². The number of anilines is 4. The molecule has 4 atom stereocenters. The number of halogens is 4. The number of amides is 4. The molecular formula is C106H96F4N24O9.